The first kappa shape index (κ1) is 22.3. The van der Waals surface area contributed by atoms with Crippen LogP contribution >= 0.6 is 0 Å². The fourth-order valence-corrected chi connectivity index (χ4v) is 5.28. The Hall–Kier alpha value is -3.51. The molecule has 0 spiro atoms. The maximum absolute atomic E-state index is 13.9. The molecule has 3 atom stereocenters. The Balaban J connectivity index is 1.47. The number of ketones is 1. The van der Waals surface area contributed by atoms with Crippen LogP contribution in [0.2, 0.25) is 0 Å². The maximum atomic E-state index is 13.9. The average molecular weight is 459 g/mol. The van der Waals surface area contributed by atoms with Crippen LogP contribution in [0, 0.1) is 24.6 Å². The number of benzene rings is 3. The molecule has 2 bridgehead atoms. The Kier molecular flexibility index (Phi) is 6.16. The highest BCUT2D eigenvalue weighted by atomic mass is 19.1. The third-order valence-electron chi connectivity index (χ3n) is 6.82. The average Bonchev–Trinajstić information content (AvgIpc) is 2.82. The van der Waals surface area contributed by atoms with Crippen molar-refractivity contribution in [1.29, 1.82) is 0 Å². The van der Waals surface area contributed by atoms with E-state index in [4.69, 9.17) is 4.74 Å². The summed E-state index contributed by atoms with van der Waals surface area (Å²) in [5.41, 5.74) is 2.68. The largest absolute Gasteiger partial charge is 0.415 e. The summed E-state index contributed by atoms with van der Waals surface area (Å²) < 4.78 is 19.6. The number of hydrogen-bond acceptors (Lipinski definition) is 4. The number of halogens is 1. The minimum absolute atomic E-state index is 0.168. The number of para-hydroxylation sites is 1. The summed E-state index contributed by atoms with van der Waals surface area (Å²) in [6.45, 7) is 3.95. The van der Waals surface area contributed by atoms with E-state index in [2.05, 4.69) is 17.0 Å². The first-order chi connectivity index (χ1) is 16.5. The highest BCUT2D eigenvalue weighted by Gasteiger charge is 2.50. The number of fused-ring (bicyclic) bond motifs is 2. The second-order valence-electron chi connectivity index (χ2n) is 9.16. The summed E-state index contributed by atoms with van der Waals surface area (Å²) in [5.74, 6) is -0.419. The van der Waals surface area contributed by atoms with E-state index in [1.54, 1.807) is 35.2 Å². The van der Waals surface area contributed by atoms with Crippen LogP contribution in [0.25, 0.3) is 0 Å². The zero-order valence-electron chi connectivity index (χ0n) is 19.1. The van der Waals surface area contributed by atoms with E-state index in [0.29, 0.717) is 24.4 Å². The minimum Gasteiger partial charge on any atom is -0.410 e. The molecule has 2 saturated heterocycles. The number of hydrogen-bond donors (Lipinski definition) is 0. The Morgan fingerprint density at radius 3 is 2.38 bits per heavy atom. The lowest BCUT2D eigenvalue weighted by Gasteiger charge is -2.49. The molecular weight excluding hydrogens is 431 g/mol. The monoisotopic (exact) mass is 458 g/mol. The second kappa shape index (κ2) is 9.39. The summed E-state index contributed by atoms with van der Waals surface area (Å²) in [4.78, 5) is 30.7. The normalized spacial score (nSPS) is 22.5. The summed E-state index contributed by atoms with van der Waals surface area (Å²) in [5, 5.41) is 0. The summed E-state index contributed by atoms with van der Waals surface area (Å²) in [7, 11) is 0. The third kappa shape index (κ3) is 4.46. The smallest absolute Gasteiger partial charge is 0.410 e. The number of carbonyl (C=O) groups excluding carboxylic acids is 2. The summed E-state index contributed by atoms with van der Waals surface area (Å²) in [6.07, 6.45) is -0.487. The predicted octanol–water partition coefficient (Wildman–Crippen LogP) is 5.01. The van der Waals surface area contributed by atoms with E-state index in [1.165, 1.54) is 17.7 Å². The number of amides is 1. The van der Waals surface area contributed by atoms with Gasteiger partial charge < -0.3 is 4.74 Å². The molecular formula is C28H27FN2O3. The van der Waals surface area contributed by atoms with Gasteiger partial charge in [-0.25, -0.2) is 9.18 Å². The Labute approximate surface area is 198 Å². The zero-order chi connectivity index (χ0) is 23.7. The van der Waals surface area contributed by atoms with E-state index < -0.39 is 18.1 Å². The van der Waals surface area contributed by atoms with E-state index in [-0.39, 0.29) is 24.1 Å². The number of Topliss-reactive ketones (excluding diaryl/α,β-unsaturated/α-hetero) is 1. The van der Waals surface area contributed by atoms with Crippen molar-refractivity contribution >= 4 is 11.9 Å². The Morgan fingerprint density at radius 2 is 1.68 bits per heavy atom. The number of likely N-dealkylation sites (tertiary alicyclic amines) is 2. The van der Waals surface area contributed by atoms with E-state index >= 15 is 0 Å². The molecule has 3 aromatic carbocycles. The molecule has 5 rings (SSSR count). The predicted molar refractivity (Wildman–Crippen MR) is 127 cm³/mol. The molecule has 34 heavy (non-hydrogen) atoms. The van der Waals surface area contributed by atoms with E-state index in [9.17, 15) is 14.0 Å². The van der Waals surface area contributed by atoms with Crippen LogP contribution in [0.4, 0.5) is 9.18 Å². The number of aryl methyl sites for hydroxylation is 1. The number of carbonyl (C=O) groups is 2. The van der Waals surface area contributed by atoms with E-state index in [1.807, 2.05) is 31.2 Å². The minimum atomic E-state index is -0.515. The van der Waals surface area contributed by atoms with Crippen molar-refractivity contribution in [3.05, 3.63) is 101 Å². The molecule has 5 nitrogen and oxygen atoms in total. The van der Waals surface area contributed by atoms with Gasteiger partial charge in [0.1, 0.15) is 17.3 Å². The molecule has 0 N–H and O–H groups in total. The highest BCUT2D eigenvalue weighted by molar-refractivity contribution is 5.88. The van der Waals surface area contributed by atoms with Gasteiger partial charge in [-0.3, -0.25) is 14.6 Å². The van der Waals surface area contributed by atoms with Crippen molar-refractivity contribution in [2.24, 2.45) is 11.8 Å². The van der Waals surface area contributed by atoms with Gasteiger partial charge in [-0.2, -0.15) is 0 Å². The number of ether oxygens (including phenoxy) is 1. The van der Waals surface area contributed by atoms with Gasteiger partial charge in [0.25, 0.3) is 0 Å². The molecule has 0 aromatic heterocycles. The molecule has 6 heteroatoms. The quantitative estimate of drug-likeness (QED) is 0.552. The maximum Gasteiger partial charge on any atom is 0.415 e. The molecule has 0 radical (unpaired) electrons. The molecule has 0 saturated carbocycles. The van der Waals surface area contributed by atoms with Crippen molar-refractivity contribution in [1.82, 2.24) is 9.80 Å². The van der Waals surface area contributed by atoms with Crippen LogP contribution in [-0.4, -0.2) is 41.3 Å². The molecule has 1 amide bonds. The molecule has 2 aliphatic rings. The fourth-order valence-electron chi connectivity index (χ4n) is 5.28. The SMILES string of the molecule is Cc1cc(F)ccc1C1C2CN(Cc3ccccc3)CC(CN1C(=O)Oc1ccccc1)C2=O. The number of rotatable bonds is 4. The Bertz CT molecular complexity index is 1180. The molecule has 2 fully saturated rings. The van der Waals surface area contributed by atoms with Crippen LogP contribution in [-0.2, 0) is 11.3 Å². The molecule has 0 aliphatic carbocycles. The molecule has 2 heterocycles. The van der Waals surface area contributed by atoms with Gasteiger partial charge in [-0.15, -0.1) is 0 Å². The van der Waals surface area contributed by atoms with Crippen molar-refractivity contribution in [2.45, 2.75) is 19.5 Å². The van der Waals surface area contributed by atoms with Crippen molar-refractivity contribution in [3.63, 3.8) is 0 Å². The highest BCUT2D eigenvalue weighted by Crippen LogP contribution is 2.41. The zero-order valence-corrected chi connectivity index (χ0v) is 19.1. The lowest BCUT2D eigenvalue weighted by molar-refractivity contribution is -0.140. The third-order valence-corrected chi connectivity index (χ3v) is 6.82. The van der Waals surface area contributed by atoms with Crippen LogP contribution in [0.5, 0.6) is 5.75 Å². The van der Waals surface area contributed by atoms with Crippen molar-refractivity contribution in [3.8, 4) is 5.75 Å². The lowest BCUT2D eigenvalue weighted by atomic mass is 9.75. The summed E-state index contributed by atoms with van der Waals surface area (Å²) in [6, 6.07) is 23.1. The van der Waals surface area contributed by atoms with Crippen LogP contribution in [0.1, 0.15) is 22.7 Å². The Morgan fingerprint density at radius 1 is 0.971 bits per heavy atom. The molecule has 174 valence electrons. The van der Waals surface area contributed by atoms with Gasteiger partial charge in [0, 0.05) is 32.1 Å². The second-order valence-corrected chi connectivity index (χ2v) is 9.16. The molecule has 3 aromatic rings. The van der Waals surface area contributed by atoms with Crippen LogP contribution in [0.3, 0.4) is 0 Å². The van der Waals surface area contributed by atoms with Gasteiger partial charge in [-0.05, 0) is 47.9 Å². The standard InChI is InChI=1S/C28H27FN2O3/c1-19-14-22(29)12-13-24(19)26-25-18-30(15-20-8-4-2-5-9-20)16-21(27(25)32)17-31(26)28(33)34-23-10-6-3-7-11-23/h2-14,21,25-26H,15-18H2,1H3. The van der Waals surface area contributed by atoms with E-state index in [0.717, 1.165) is 12.1 Å². The molecule has 2 aliphatic heterocycles. The van der Waals surface area contributed by atoms with Crippen LogP contribution in [0.15, 0.2) is 78.9 Å². The molecule has 3 unspecified atom stereocenters. The van der Waals surface area contributed by atoms with Gasteiger partial charge in [0.05, 0.1) is 12.0 Å². The van der Waals surface area contributed by atoms with Crippen LogP contribution < -0.4 is 4.74 Å². The van der Waals surface area contributed by atoms with Gasteiger partial charge in [-0.1, -0.05) is 54.6 Å². The van der Waals surface area contributed by atoms with Gasteiger partial charge in [0.2, 0.25) is 0 Å². The van der Waals surface area contributed by atoms with Crippen molar-refractivity contribution in [2.75, 3.05) is 19.6 Å². The van der Waals surface area contributed by atoms with Gasteiger partial charge in [0.15, 0.2) is 0 Å². The first-order valence-electron chi connectivity index (χ1n) is 11.6. The number of piperidine rings is 2. The summed E-state index contributed by atoms with van der Waals surface area (Å²) >= 11 is 0. The van der Waals surface area contributed by atoms with Gasteiger partial charge >= 0.3 is 6.09 Å². The topological polar surface area (TPSA) is 49.9 Å². The first-order valence-corrected chi connectivity index (χ1v) is 11.6. The number of nitrogens with zero attached hydrogens (tertiary/aromatic N) is 2. The van der Waals surface area contributed by atoms with Crippen molar-refractivity contribution < 1.29 is 18.7 Å². The fraction of sp³-hybridized carbons (Fsp3) is 0.286. The lowest BCUT2D eigenvalue weighted by Crippen LogP contribution is -2.60.